The van der Waals surface area contributed by atoms with Crippen molar-refractivity contribution in [2.24, 2.45) is 0 Å². The first-order valence-electron chi connectivity index (χ1n) is 12.1. The molecule has 2 fully saturated rings. The maximum Gasteiger partial charge on any atom is 0.229 e. The summed E-state index contributed by atoms with van der Waals surface area (Å²) < 4.78 is 31.6. The third kappa shape index (κ3) is 3.52. The molecule has 0 unspecified atom stereocenters. The summed E-state index contributed by atoms with van der Waals surface area (Å²) in [5.41, 5.74) is 4.12. The molecule has 1 N–H and O–H groups in total. The van der Waals surface area contributed by atoms with Crippen molar-refractivity contribution in [3.8, 4) is 11.4 Å². The predicted molar refractivity (Wildman–Crippen MR) is 133 cm³/mol. The Morgan fingerprint density at radius 1 is 1.14 bits per heavy atom. The molecule has 6 heterocycles. The first-order chi connectivity index (χ1) is 17.7. The smallest absolute Gasteiger partial charge is 0.229 e. The Morgan fingerprint density at radius 3 is 2.83 bits per heavy atom. The van der Waals surface area contributed by atoms with E-state index < -0.39 is 0 Å². The number of nitrogens with one attached hydrogen (secondary N) is 1. The quantitative estimate of drug-likeness (QED) is 0.400. The molecule has 5 aromatic rings. The number of aromatic amines is 1. The summed E-state index contributed by atoms with van der Waals surface area (Å²) in [5.74, 6) is 0.918. The second kappa shape index (κ2) is 8.51. The third-order valence-corrected chi connectivity index (χ3v) is 7.10. The van der Waals surface area contributed by atoms with Gasteiger partial charge in [0.2, 0.25) is 5.71 Å². The van der Waals surface area contributed by atoms with Crippen molar-refractivity contribution < 1.29 is 18.3 Å². The zero-order valence-corrected chi connectivity index (χ0v) is 19.8. The number of halogens is 1. The van der Waals surface area contributed by atoms with Crippen molar-refractivity contribution in [3.05, 3.63) is 48.0 Å². The van der Waals surface area contributed by atoms with E-state index in [2.05, 4.69) is 25.8 Å². The maximum atomic E-state index is 14.4. The molecule has 0 aliphatic carbocycles. The van der Waals surface area contributed by atoms with Crippen molar-refractivity contribution in [2.75, 3.05) is 51.4 Å². The minimum atomic E-state index is -0.308. The number of H-pyrrole nitrogens is 1. The first kappa shape index (κ1) is 21.7. The molecule has 184 valence electrons. The van der Waals surface area contributed by atoms with Crippen molar-refractivity contribution >= 4 is 38.9 Å². The normalized spacial score (nSPS) is 17.4. The number of morpholine rings is 1. The summed E-state index contributed by atoms with van der Waals surface area (Å²) in [6, 6.07) is 7.13. The molecule has 36 heavy (non-hydrogen) atoms. The summed E-state index contributed by atoms with van der Waals surface area (Å²) >= 11 is 0. The number of aromatic nitrogens is 4. The van der Waals surface area contributed by atoms with Gasteiger partial charge in [-0.15, -0.1) is 0 Å². The second-order valence-electron chi connectivity index (χ2n) is 9.36. The summed E-state index contributed by atoms with van der Waals surface area (Å²) in [6.07, 6.45) is 3.88. The van der Waals surface area contributed by atoms with Gasteiger partial charge < -0.3 is 23.8 Å². The maximum absolute atomic E-state index is 14.4. The van der Waals surface area contributed by atoms with Crippen LogP contribution in [0.15, 0.2) is 41.1 Å². The van der Waals surface area contributed by atoms with Gasteiger partial charge in [0.15, 0.2) is 17.2 Å². The van der Waals surface area contributed by atoms with Crippen molar-refractivity contribution in [3.63, 3.8) is 0 Å². The van der Waals surface area contributed by atoms with Gasteiger partial charge in [-0.25, -0.2) is 19.3 Å². The topological polar surface area (TPSA) is 92.5 Å². The molecule has 0 spiro atoms. The summed E-state index contributed by atoms with van der Waals surface area (Å²) in [4.78, 5) is 22.0. The van der Waals surface area contributed by atoms with E-state index in [-0.39, 0.29) is 5.82 Å². The highest BCUT2D eigenvalue weighted by molar-refractivity contribution is 6.06. The fourth-order valence-corrected chi connectivity index (χ4v) is 5.13. The molecule has 1 aromatic carbocycles. The van der Waals surface area contributed by atoms with Crippen LogP contribution in [0.25, 0.3) is 44.5 Å². The monoisotopic (exact) mass is 488 g/mol. The lowest BCUT2D eigenvalue weighted by Gasteiger charge is -2.38. The molecule has 0 radical (unpaired) electrons. The number of pyridine rings is 1. The third-order valence-electron chi connectivity index (χ3n) is 7.10. The van der Waals surface area contributed by atoms with E-state index in [9.17, 15) is 4.39 Å². The number of likely N-dealkylation sites (tertiary alicyclic amines) is 1. The number of furan rings is 1. The van der Waals surface area contributed by atoms with Crippen molar-refractivity contribution in [1.29, 1.82) is 0 Å². The van der Waals surface area contributed by atoms with Gasteiger partial charge in [-0.1, -0.05) is 0 Å². The van der Waals surface area contributed by atoms with Crippen LogP contribution in [0.5, 0.6) is 0 Å². The lowest BCUT2D eigenvalue weighted by Crippen LogP contribution is -2.50. The van der Waals surface area contributed by atoms with E-state index in [0.29, 0.717) is 66.4 Å². The minimum Gasteiger partial charge on any atom is -0.432 e. The highest BCUT2D eigenvalue weighted by atomic mass is 19.1. The van der Waals surface area contributed by atoms with E-state index in [4.69, 9.17) is 23.9 Å². The van der Waals surface area contributed by atoms with Crippen LogP contribution in [0.2, 0.25) is 0 Å². The summed E-state index contributed by atoms with van der Waals surface area (Å²) in [5, 5.41) is 1.58. The molecule has 0 bridgehead atoms. The largest absolute Gasteiger partial charge is 0.432 e. The number of rotatable bonds is 5. The molecule has 0 amide bonds. The van der Waals surface area contributed by atoms with Crippen LogP contribution >= 0.6 is 0 Å². The van der Waals surface area contributed by atoms with E-state index >= 15 is 0 Å². The average molecular weight is 489 g/mol. The molecular weight excluding hydrogens is 463 g/mol. The molecule has 7 rings (SSSR count). The lowest BCUT2D eigenvalue weighted by atomic mass is 10.1. The molecule has 2 aliphatic rings. The molecule has 2 aliphatic heterocycles. The minimum absolute atomic E-state index is 0.295. The Bertz CT molecular complexity index is 1590. The van der Waals surface area contributed by atoms with E-state index in [1.165, 1.54) is 6.07 Å². The number of fused-ring (bicyclic) bond motifs is 4. The fraction of sp³-hybridized carbons (Fsp3) is 0.346. The zero-order chi connectivity index (χ0) is 24.2. The number of benzene rings is 1. The Morgan fingerprint density at radius 2 is 2.00 bits per heavy atom. The van der Waals surface area contributed by atoms with Crippen LogP contribution in [-0.4, -0.2) is 77.4 Å². The number of hydrogen-bond donors (Lipinski definition) is 1. The van der Waals surface area contributed by atoms with Gasteiger partial charge >= 0.3 is 0 Å². The van der Waals surface area contributed by atoms with Gasteiger partial charge in [0, 0.05) is 63.2 Å². The Balaban J connectivity index is 1.39. The Hall–Kier alpha value is -3.60. The van der Waals surface area contributed by atoms with Gasteiger partial charge in [0.05, 0.1) is 30.2 Å². The molecule has 2 saturated heterocycles. The van der Waals surface area contributed by atoms with Crippen LogP contribution in [0.3, 0.4) is 0 Å². The fourth-order valence-electron chi connectivity index (χ4n) is 5.13. The second-order valence-corrected chi connectivity index (χ2v) is 9.36. The van der Waals surface area contributed by atoms with E-state index in [1.54, 1.807) is 19.4 Å². The number of anilines is 1. The summed E-state index contributed by atoms with van der Waals surface area (Å²) in [6.45, 7) is 5.21. The highest BCUT2D eigenvalue weighted by Crippen LogP contribution is 2.37. The zero-order valence-electron chi connectivity index (χ0n) is 19.8. The lowest BCUT2D eigenvalue weighted by molar-refractivity contribution is -0.0334. The van der Waals surface area contributed by atoms with Gasteiger partial charge in [0.25, 0.3) is 0 Å². The van der Waals surface area contributed by atoms with Gasteiger partial charge in [-0.3, -0.25) is 4.90 Å². The van der Waals surface area contributed by atoms with Crippen LogP contribution in [0.1, 0.15) is 5.56 Å². The molecule has 4 aromatic heterocycles. The SMILES string of the molecule is COC1CN(Cc2cnc3oc4c(N5CCOCC5)nc(-c5ccc(F)c6[nH]ccc56)nc4c3c2)C1. The molecule has 0 atom stereocenters. The van der Waals surface area contributed by atoms with Crippen molar-refractivity contribution in [1.82, 2.24) is 24.8 Å². The molecular formula is C26H25FN6O3. The van der Waals surface area contributed by atoms with Crippen LogP contribution in [0.4, 0.5) is 10.2 Å². The molecule has 10 heteroatoms. The van der Waals surface area contributed by atoms with Crippen molar-refractivity contribution in [2.45, 2.75) is 12.6 Å². The van der Waals surface area contributed by atoms with Gasteiger partial charge in [-0.2, -0.15) is 0 Å². The van der Waals surface area contributed by atoms with Gasteiger partial charge in [0.1, 0.15) is 11.3 Å². The highest BCUT2D eigenvalue weighted by Gasteiger charge is 2.27. The molecule has 9 nitrogen and oxygen atoms in total. The standard InChI is InChI=1S/C26H25FN6O3/c1-34-16-13-32(14-16)12-15-10-19-22-23(36-26(19)29-11-15)25(33-6-8-35-9-7-33)31-24(30-22)18-2-3-20(27)21-17(18)4-5-28-21/h2-5,10-11,16,28H,6-9,12-14H2,1H3. The average Bonchev–Trinajstić information content (AvgIpc) is 3.52. The summed E-state index contributed by atoms with van der Waals surface area (Å²) in [7, 11) is 1.75. The number of ether oxygens (including phenoxy) is 2. The van der Waals surface area contributed by atoms with E-state index in [1.807, 2.05) is 12.3 Å². The van der Waals surface area contributed by atoms with Gasteiger partial charge in [-0.05, 0) is 29.8 Å². The van der Waals surface area contributed by atoms with Crippen LogP contribution < -0.4 is 4.90 Å². The molecule has 0 saturated carbocycles. The number of methoxy groups -OCH3 is 1. The Labute approximate surface area is 205 Å². The number of hydrogen-bond acceptors (Lipinski definition) is 8. The van der Waals surface area contributed by atoms with Crippen LogP contribution in [0, 0.1) is 5.82 Å². The van der Waals surface area contributed by atoms with E-state index in [0.717, 1.165) is 41.5 Å². The number of nitrogens with zero attached hydrogens (tertiary/aromatic N) is 5. The Kier molecular flexibility index (Phi) is 5.12. The predicted octanol–water partition coefficient (Wildman–Crippen LogP) is 3.73. The van der Waals surface area contributed by atoms with Crippen LogP contribution in [-0.2, 0) is 16.0 Å². The first-order valence-corrected chi connectivity index (χ1v) is 12.1.